The summed E-state index contributed by atoms with van der Waals surface area (Å²) in [4.78, 5) is 32.7. The second kappa shape index (κ2) is 24.2. The van der Waals surface area contributed by atoms with Crippen LogP contribution in [-0.4, -0.2) is 108 Å². The third-order valence-corrected chi connectivity index (χ3v) is 16.2. The zero-order valence-electron chi connectivity index (χ0n) is 35.3. The van der Waals surface area contributed by atoms with Gasteiger partial charge in [-0.2, -0.15) is 0 Å². The van der Waals surface area contributed by atoms with Crippen molar-refractivity contribution in [2.24, 2.45) is 51.5 Å². The first-order chi connectivity index (χ1) is 27.5. The van der Waals surface area contributed by atoms with Gasteiger partial charge in [0.25, 0.3) is 0 Å². The second-order valence-electron chi connectivity index (χ2n) is 18.7. The minimum absolute atomic E-state index is 0.0238. The third-order valence-electron chi connectivity index (χ3n) is 14.0. The highest BCUT2D eigenvalue weighted by molar-refractivity contribution is 8.76. The van der Waals surface area contributed by atoms with Crippen LogP contribution in [0.4, 0.5) is 0 Å². The van der Waals surface area contributed by atoms with E-state index in [2.05, 4.69) is 15.6 Å². The molecule has 14 heteroatoms. The first kappa shape index (κ1) is 46.8. The highest BCUT2D eigenvalue weighted by Gasteiger charge is 2.47. The monoisotopic (exact) mass is 839 g/mol. The topological polar surface area (TPSA) is 185 Å². The maximum atomic E-state index is 13.9. The molecule has 5 rings (SSSR count). The molecule has 5 aliphatic rings. The fraction of sp³-hybridized carbons (Fsp3) is 0.930. The van der Waals surface area contributed by atoms with Crippen LogP contribution in [0.15, 0.2) is 4.99 Å². The normalized spacial score (nSPS) is 36.9. The Kier molecular flexibility index (Phi) is 19.9. The van der Waals surface area contributed by atoms with E-state index in [-0.39, 0.29) is 47.5 Å². The number of piperidine rings is 1. The van der Waals surface area contributed by atoms with E-state index < -0.39 is 12.2 Å². The van der Waals surface area contributed by atoms with E-state index in [1.165, 1.54) is 51.9 Å². The number of aliphatic hydroxyl groups excluding tert-OH is 2. The summed E-state index contributed by atoms with van der Waals surface area (Å²) in [6.45, 7) is 4.12. The van der Waals surface area contributed by atoms with Crippen molar-refractivity contribution in [3.05, 3.63) is 0 Å². The number of carbonyl (C=O) groups is 2. The van der Waals surface area contributed by atoms with Gasteiger partial charge in [-0.1, -0.05) is 73.0 Å². The third kappa shape index (κ3) is 15.9. The fourth-order valence-corrected chi connectivity index (χ4v) is 13.1. The van der Waals surface area contributed by atoms with E-state index in [0.29, 0.717) is 75.4 Å². The first-order valence-corrected chi connectivity index (χ1v) is 25.1. The van der Waals surface area contributed by atoms with Gasteiger partial charge in [0.15, 0.2) is 5.96 Å². The molecule has 3 heterocycles. The zero-order chi connectivity index (χ0) is 40.6. The molecule has 12 nitrogen and oxygen atoms in total. The average Bonchev–Trinajstić information content (AvgIpc) is 3.48. The maximum Gasteiger partial charge on any atom is 0.302 e. The van der Waals surface area contributed by atoms with Crippen LogP contribution in [0.5, 0.6) is 0 Å². The number of rotatable bonds is 7. The summed E-state index contributed by atoms with van der Waals surface area (Å²) in [6, 6.07) is 0. The van der Waals surface area contributed by atoms with Crippen molar-refractivity contribution in [2.45, 2.75) is 172 Å². The number of hydrogen-bond acceptors (Lipinski definition) is 13. The lowest BCUT2D eigenvalue weighted by Crippen LogP contribution is -2.48. The van der Waals surface area contributed by atoms with Gasteiger partial charge in [0.05, 0.1) is 30.4 Å². The minimum Gasteiger partial charge on any atom is -0.462 e. The number of amides is 1. The molecule has 10 atom stereocenters. The number of ether oxygens (including phenoxy) is 2. The zero-order valence-corrected chi connectivity index (χ0v) is 36.9. The molecular weight excluding hydrogens is 761 g/mol. The number of aliphatic hydroxyl groups is 2. The molecule has 0 aromatic rings. The van der Waals surface area contributed by atoms with Crippen molar-refractivity contribution in [3.8, 4) is 0 Å². The van der Waals surface area contributed by atoms with Crippen LogP contribution in [0.25, 0.3) is 0 Å². The Bertz CT molecular complexity index is 1250. The van der Waals surface area contributed by atoms with Gasteiger partial charge < -0.3 is 46.7 Å². The maximum absolute atomic E-state index is 13.9. The molecule has 2 saturated heterocycles. The van der Waals surface area contributed by atoms with E-state index in [0.717, 1.165) is 76.0 Å². The standard InChI is InChI=1S/C43H78N6O6S2/c1-30(50)55-37-15-14-33-20-35(41(53)38(21-33)54-2)26-49-28-43(25-40(49)52,24-34-16-18-46-39(44)22-34)17-19-47-42(45)48-29-57-56-27-32(10-6-7-11-36(51)23-37)13-12-31-8-4-3-5-9-31/h31-39,41,46,51,53H,3-29,44H2,1-2H3,(H3,45,47,48)/t32-,33?,34?,35?,36+,37+,38?,39?,41?,43+/m1/s1. The Morgan fingerprint density at radius 1 is 0.930 bits per heavy atom. The molecule has 2 saturated carbocycles. The predicted octanol–water partition coefficient (Wildman–Crippen LogP) is 5.93. The lowest BCUT2D eigenvalue weighted by molar-refractivity contribution is -0.148. The van der Waals surface area contributed by atoms with Crippen molar-refractivity contribution < 1.29 is 29.3 Å². The molecule has 6 unspecified atom stereocenters. The van der Waals surface area contributed by atoms with E-state index >= 15 is 0 Å². The van der Waals surface area contributed by atoms with E-state index in [4.69, 9.17) is 20.9 Å². The molecule has 4 fully saturated rings. The van der Waals surface area contributed by atoms with Gasteiger partial charge in [0.2, 0.25) is 5.91 Å². The van der Waals surface area contributed by atoms with Gasteiger partial charge in [0.1, 0.15) is 6.10 Å². The van der Waals surface area contributed by atoms with Crippen molar-refractivity contribution in [1.29, 1.82) is 0 Å². The Labute approximate surface area is 351 Å². The van der Waals surface area contributed by atoms with E-state index in [1.54, 1.807) is 17.9 Å². The van der Waals surface area contributed by atoms with E-state index in [9.17, 15) is 19.8 Å². The first-order valence-electron chi connectivity index (χ1n) is 22.6. The lowest BCUT2D eigenvalue weighted by atomic mass is 9.73. The predicted molar refractivity (Wildman–Crippen MR) is 232 cm³/mol. The van der Waals surface area contributed by atoms with Gasteiger partial charge >= 0.3 is 5.97 Å². The number of esters is 1. The van der Waals surface area contributed by atoms with Gasteiger partial charge in [-0.25, -0.2) is 4.99 Å². The number of fused-ring (bicyclic) bond motifs is 4. The number of carbonyl (C=O) groups excluding carboxylic acids is 2. The Morgan fingerprint density at radius 3 is 2.46 bits per heavy atom. The van der Waals surface area contributed by atoms with Gasteiger partial charge in [-0.05, 0) is 106 Å². The number of guanidine groups is 1. The van der Waals surface area contributed by atoms with Crippen LogP contribution in [0.2, 0.25) is 0 Å². The highest BCUT2D eigenvalue weighted by Crippen LogP contribution is 2.44. The quantitative estimate of drug-likeness (QED) is 0.132. The summed E-state index contributed by atoms with van der Waals surface area (Å²) in [5, 5.41) is 29.4. The smallest absolute Gasteiger partial charge is 0.302 e. The summed E-state index contributed by atoms with van der Waals surface area (Å²) in [5.41, 5.74) is 12.5. The number of hydrogen-bond donors (Lipinski definition) is 6. The summed E-state index contributed by atoms with van der Waals surface area (Å²) in [6.07, 6.45) is 19.0. The summed E-state index contributed by atoms with van der Waals surface area (Å²) in [5.74, 6) is 4.02. The fourth-order valence-electron chi connectivity index (χ4n) is 10.9. The lowest BCUT2D eigenvalue weighted by Gasteiger charge is -2.41. The van der Waals surface area contributed by atoms with Gasteiger partial charge in [0, 0.05) is 58.2 Å². The van der Waals surface area contributed by atoms with Crippen molar-refractivity contribution in [1.82, 2.24) is 15.5 Å². The summed E-state index contributed by atoms with van der Waals surface area (Å²) < 4.78 is 11.6. The Morgan fingerprint density at radius 2 is 1.68 bits per heavy atom. The van der Waals surface area contributed by atoms with Crippen LogP contribution in [0.3, 0.4) is 0 Å². The molecule has 57 heavy (non-hydrogen) atoms. The average molecular weight is 839 g/mol. The Balaban J connectivity index is 1.28. The molecule has 3 aliphatic heterocycles. The number of nitrogens with one attached hydrogen (secondary N) is 2. The molecule has 2 aliphatic carbocycles. The number of aliphatic imine (C=N–C) groups is 1. The minimum atomic E-state index is -0.671. The largest absolute Gasteiger partial charge is 0.462 e. The van der Waals surface area contributed by atoms with Crippen molar-refractivity contribution >= 4 is 39.4 Å². The second-order valence-corrected chi connectivity index (χ2v) is 21.1. The van der Waals surface area contributed by atoms with E-state index in [1.807, 2.05) is 15.7 Å². The number of nitrogens with zero attached hydrogens (tertiary/aromatic N) is 2. The molecule has 4 bridgehead atoms. The van der Waals surface area contributed by atoms with Crippen molar-refractivity contribution in [2.75, 3.05) is 44.9 Å². The molecule has 0 aromatic heterocycles. The summed E-state index contributed by atoms with van der Waals surface area (Å²) >= 11 is 0. The van der Waals surface area contributed by atoms with Crippen LogP contribution < -0.4 is 22.1 Å². The van der Waals surface area contributed by atoms with Crippen molar-refractivity contribution in [3.63, 3.8) is 0 Å². The van der Waals surface area contributed by atoms with Gasteiger partial charge in [-0.3, -0.25) is 9.59 Å². The van der Waals surface area contributed by atoms with Gasteiger partial charge in [-0.15, -0.1) is 0 Å². The molecule has 0 radical (unpaired) electrons. The SMILES string of the molecule is COC1CC2CC[C@H](OC(C)=O)C[C@@H](O)CCCC[C@H](CCC3CCCCC3)CSSCN=C(N)NCC[C@]3(CC4CCNC(N)C4)CC(=O)N(CC(C2)C1O)C3. The molecule has 0 spiro atoms. The Hall–Kier alpha value is -1.29. The van der Waals surface area contributed by atoms with Crippen LogP contribution >= 0.6 is 21.6 Å². The molecule has 0 aromatic carbocycles. The molecular formula is C43H78N6O6S2. The number of methoxy groups -OCH3 is 1. The molecule has 328 valence electrons. The molecule has 1 amide bonds. The van der Waals surface area contributed by atoms with Crippen LogP contribution in [0, 0.1) is 35.0 Å². The molecule has 8 N–H and O–H groups in total. The van der Waals surface area contributed by atoms with Crippen LogP contribution in [0.1, 0.15) is 142 Å². The summed E-state index contributed by atoms with van der Waals surface area (Å²) in [7, 11) is 5.32. The number of nitrogens with two attached hydrogens (primary N) is 2. The highest BCUT2D eigenvalue weighted by atomic mass is 33.1. The van der Waals surface area contributed by atoms with Crippen LogP contribution in [-0.2, 0) is 19.1 Å².